The molecule has 2 heterocycles. The number of aromatic amines is 1. The van der Waals surface area contributed by atoms with Crippen LogP contribution < -0.4 is 10.1 Å². The minimum absolute atomic E-state index is 0. The molecule has 0 radical (unpaired) electrons. The molecule has 0 bridgehead atoms. The van der Waals surface area contributed by atoms with Crippen molar-refractivity contribution in [3.8, 4) is 5.75 Å². The summed E-state index contributed by atoms with van der Waals surface area (Å²) in [6.45, 7) is 5.55. The number of nitrogens with one attached hydrogen (secondary N) is 2. The summed E-state index contributed by atoms with van der Waals surface area (Å²) in [6, 6.07) is 8.30. The second-order valence-corrected chi connectivity index (χ2v) is 7.58. The van der Waals surface area contributed by atoms with E-state index < -0.39 is 0 Å². The van der Waals surface area contributed by atoms with E-state index in [1.54, 1.807) is 6.33 Å². The topological polar surface area (TPSA) is 78.4 Å². The molecule has 1 saturated heterocycles. The number of piperidine rings is 1. The van der Waals surface area contributed by atoms with Gasteiger partial charge in [0, 0.05) is 31.1 Å². The summed E-state index contributed by atoms with van der Waals surface area (Å²) in [4.78, 5) is 11.6. The molecule has 1 aliphatic heterocycles. The van der Waals surface area contributed by atoms with Crippen LogP contribution in [-0.4, -0.2) is 51.8 Å². The highest BCUT2D eigenvalue weighted by Gasteiger charge is 2.24. The number of hydrogen-bond acceptors (Lipinski definition) is 4. The van der Waals surface area contributed by atoms with Gasteiger partial charge in [-0.25, -0.2) is 9.98 Å². The second-order valence-electron chi connectivity index (χ2n) is 7.58. The number of para-hydroxylation sites is 1. The van der Waals surface area contributed by atoms with Crippen LogP contribution in [0.15, 0.2) is 35.6 Å². The van der Waals surface area contributed by atoms with Gasteiger partial charge in [0.2, 0.25) is 0 Å². The average molecular weight is 510 g/mol. The summed E-state index contributed by atoms with van der Waals surface area (Å²) < 4.78 is 6.15. The maximum Gasteiger partial charge on any atom is 0.194 e. The van der Waals surface area contributed by atoms with Crippen molar-refractivity contribution in [1.82, 2.24) is 25.4 Å². The lowest BCUT2D eigenvalue weighted by Gasteiger charge is -2.33. The van der Waals surface area contributed by atoms with Gasteiger partial charge in [0.25, 0.3) is 0 Å². The molecule has 1 aromatic heterocycles. The molecule has 7 nitrogen and oxygen atoms in total. The zero-order valence-corrected chi connectivity index (χ0v) is 19.3. The van der Waals surface area contributed by atoms with E-state index in [-0.39, 0.29) is 24.0 Å². The lowest BCUT2D eigenvalue weighted by atomic mass is 9.96. The van der Waals surface area contributed by atoms with E-state index in [1.165, 1.54) is 19.3 Å². The van der Waals surface area contributed by atoms with Crippen molar-refractivity contribution in [3.05, 3.63) is 42.0 Å². The van der Waals surface area contributed by atoms with Crippen molar-refractivity contribution in [3.63, 3.8) is 0 Å². The fourth-order valence-corrected chi connectivity index (χ4v) is 3.78. The highest BCUT2D eigenvalue weighted by molar-refractivity contribution is 14.0. The SMILES string of the molecule is CCNC(=NCc1ccccc1OC1CCC1)N1CCC(c2ncn[nH]2)CC1.I. The first-order chi connectivity index (χ1) is 13.8. The van der Waals surface area contributed by atoms with Crippen molar-refractivity contribution < 1.29 is 4.74 Å². The Morgan fingerprint density at radius 1 is 1.24 bits per heavy atom. The number of benzene rings is 1. The first-order valence-corrected chi connectivity index (χ1v) is 10.5. The second kappa shape index (κ2) is 10.8. The largest absolute Gasteiger partial charge is 0.490 e. The summed E-state index contributed by atoms with van der Waals surface area (Å²) in [7, 11) is 0. The summed E-state index contributed by atoms with van der Waals surface area (Å²) in [5.74, 6) is 3.43. The van der Waals surface area contributed by atoms with Crippen LogP contribution >= 0.6 is 24.0 Å². The molecule has 1 saturated carbocycles. The van der Waals surface area contributed by atoms with Crippen molar-refractivity contribution >= 4 is 29.9 Å². The first-order valence-electron chi connectivity index (χ1n) is 10.5. The molecule has 29 heavy (non-hydrogen) atoms. The number of guanidine groups is 1. The maximum absolute atomic E-state index is 6.15. The third-order valence-corrected chi connectivity index (χ3v) is 5.67. The molecule has 1 aromatic carbocycles. The van der Waals surface area contributed by atoms with E-state index in [0.717, 1.165) is 55.6 Å². The number of H-pyrrole nitrogens is 1. The van der Waals surface area contributed by atoms with Crippen LogP contribution in [0.4, 0.5) is 0 Å². The molecule has 0 unspecified atom stereocenters. The number of aromatic nitrogens is 3. The van der Waals surface area contributed by atoms with Crippen LogP contribution in [0, 0.1) is 0 Å². The van der Waals surface area contributed by atoms with Crippen LogP contribution in [0.2, 0.25) is 0 Å². The zero-order chi connectivity index (χ0) is 19.2. The number of ether oxygens (including phenoxy) is 1. The Hall–Kier alpha value is -1.84. The van der Waals surface area contributed by atoms with Gasteiger partial charge in [-0.05, 0) is 45.1 Å². The summed E-state index contributed by atoms with van der Waals surface area (Å²) in [6.07, 6.45) is 7.70. The molecule has 2 fully saturated rings. The lowest BCUT2D eigenvalue weighted by molar-refractivity contribution is 0.119. The summed E-state index contributed by atoms with van der Waals surface area (Å²) in [5, 5.41) is 10.5. The Bertz CT molecular complexity index is 769. The van der Waals surface area contributed by atoms with Gasteiger partial charge in [0.15, 0.2) is 5.96 Å². The fourth-order valence-electron chi connectivity index (χ4n) is 3.78. The molecule has 0 atom stereocenters. The Kier molecular flexibility index (Phi) is 8.14. The van der Waals surface area contributed by atoms with Crippen molar-refractivity contribution in [2.45, 2.75) is 57.6 Å². The zero-order valence-electron chi connectivity index (χ0n) is 17.0. The monoisotopic (exact) mass is 510 g/mol. The van der Waals surface area contributed by atoms with Crippen molar-refractivity contribution in [1.29, 1.82) is 0 Å². The minimum Gasteiger partial charge on any atom is -0.490 e. The third kappa shape index (κ3) is 5.61. The molecule has 2 aliphatic rings. The molecular weight excluding hydrogens is 479 g/mol. The Balaban J connectivity index is 0.00000240. The predicted molar refractivity (Wildman–Crippen MR) is 125 cm³/mol. The Morgan fingerprint density at radius 3 is 2.69 bits per heavy atom. The van der Waals surface area contributed by atoms with Crippen LogP contribution in [0.3, 0.4) is 0 Å². The molecule has 0 spiro atoms. The van der Waals surface area contributed by atoms with Gasteiger partial charge in [-0.15, -0.1) is 24.0 Å². The fraction of sp³-hybridized carbons (Fsp3) is 0.571. The van der Waals surface area contributed by atoms with Gasteiger partial charge in [-0.3, -0.25) is 5.10 Å². The highest BCUT2D eigenvalue weighted by atomic mass is 127. The van der Waals surface area contributed by atoms with E-state index in [2.05, 4.69) is 50.5 Å². The van der Waals surface area contributed by atoms with Crippen LogP contribution in [0.1, 0.15) is 56.3 Å². The molecule has 4 rings (SSSR count). The van der Waals surface area contributed by atoms with Crippen molar-refractivity contribution in [2.75, 3.05) is 19.6 Å². The molecule has 0 amide bonds. The maximum atomic E-state index is 6.15. The average Bonchev–Trinajstić information content (AvgIpc) is 3.24. The van der Waals surface area contributed by atoms with Crippen LogP contribution in [-0.2, 0) is 6.54 Å². The molecule has 2 aromatic rings. The van der Waals surface area contributed by atoms with Gasteiger partial charge < -0.3 is 15.0 Å². The normalized spacial score (nSPS) is 18.1. The number of rotatable bonds is 6. The van der Waals surface area contributed by atoms with E-state index in [1.807, 2.05) is 6.07 Å². The lowest BCUT2D eigenvalue weighted by Crippen LogP contribution is -2.45. The molecule has 158 valence electrons. The van der Waals surface area contributed by atoms with E-state index in [0.29, 0.717) is 18.6 Å². The minimum atomic E-state index is 0. The molecular formula is C21H31IN6O. The smallest absolute Gasteiger partial charge is 0.194 e. The van der Waals surface area contributed by atoms with E-state index in [9.17, 15) is 0 Å². The summed E-state index contributed by atoms with van der Waals surface area (Å²) in [5.41, 5.74) is 1.15. The molecule has 1 aliphatic carbocycles. The van der Waals surface area contributed by atoms with E-state index >= 15 is 0 Å². The number of hydrogen-bond donors (Lipinski definition) is 2. The number of likely N-dealkylation sites (tertiary alicyclic amines) is 1. The summed E-state index contributed by atoms with van der Waals surface area (Å²) >= 11 is 0. The predicted octanol–water partition coefficient (Wildman–Crippen LogP) is 3.70. The number of aliphatic imine (C=N–C) groups is 1. The Labute approximate surface area is 189 Å². The number of halogens is 1. The first kappa shape index (κ1) is 21.9. The van der Waals surface area contributed by atoms with Crippen molar-refractivity contribution in [2.24, 2.45) is 4.99 Å². The van der Waals surface area contributed by atoms with Gasteiger partial charge >= 0.3 is 0 Å². The van der Waals surface area contributed by atoms with E-state index in [4.69, 9.17) is 9.73 Å². The highest BCUT2D eigenvalue weighted by Crippen LogP contribution is 2.28. The Morgan fingerprint density at radius 2 is 2.03 bits per heavy atom. The quantitative estimate of drug-likeness (QED) is 0.352. The number of nitrogens with zero attached hydrogens (tertiary/aromatic N) is 4. The van der Waals surface area contributed by atoms with Gasteiger partial charge in [-0.2, -0.15) is 5.10 Å². The van der Waals surface area contributed by atoms with Gasteiger partial charge in [0.05, 0.1) is 12.6 Å². The van der Waals surface area contributed by atoms with Gasteiger partial charge in [0.1, 0.15) is 17.9 Å². The van der Waals surface area contributed by atoms with Crippen LogP contribution in [0.25, 0.3) is 0 Å². The van der Waals surface area contributed by atoms with Crippen LogP contribution in [0.5, 0.6) is 5.75 Å². The molecule has 2 N–H and O–H groups in total. The molecule has 8 heteroatoms. The third-order valence-electron chi connectivity index (χ3n) is 5.67. The standard InChI is InChI=1S/C21H30N6O.HI/c1-2-22-21(27-12-10-16(11-13-27)20-24-15-25-26-20)23-14-17-6-3-4-9-19(17)28-18-7-5-8-18;/h3-4,6,9,15-16,18H,2,5,7-8,10-14H2,1H3,(H,22,23)(H,24,25,26);1H. The van der Waals surface area contributed by atoms with Gasteiger partial charge in [-0.1, -0.05) is 18.2 Å².